The first-order valence-corrected chi connectivity index (χ1v) is 9.34. The van der Waals surface area contributed by atoms with Gasteiger partial charge in [-0.1, -0.05) is 52.8 Å². The predicted octanol–water partition coefficient (Wildman–Crippen LogP) is 5.03. The Morgan fingerprint density at radius 1 is 1.17 bits per heavy atom. The maximum absolute atomic E-state index is 12.7. The Balaban J connectivity index is 1.95. The molecule has 1 saturated heterocycles. The van der Waals surface area contributed by atoms with Crippen molar-refractivity contribution in [3.8, 4) is 0 Å². The SMILES string of the molecule is CCC1S/C(=C\C(=O)c2ccc(Br)cc2)N(c2ccccc2)C1=O. The van der Waals surface area contributed by atoms with Crippen molar-refractivity contribution in [1.29, 1.82) is 0 Å². The Hall–Kier alpha value is -1.85. The van der Waals surface area contributed by atoms with Gasteiger partial charge in [-0.15, -0.1) is 0 Å². The number of hydrogen-bond donors (Lipinski definition) is 0. The number of allylic oxidation sites excluding steroid dienone is 1. The Kier molecular flexibility index (Phi) is 5.21. The summed E-state index contributed by atoms with van der Waals surface area (Å²) in [5.74, 6) is -0.0703. The highest BCUT2D eigenvalue weighted by Crippen LogP contribution is 2.40. The lowest BCUT2D eigenvalue weighted by Crippen LogP contribution is -2.28. The van der Waals surface area contributed by atoms with E-state index >= 15 is 0 Å². The van der Waals surface area contributed by atoms with Crippen LogP contribution in [0.15, 0.2) is 70.2 Å². The first-order valence-electron chi connectivity index (χ1n) is 7.67. The third-order valence-electron chi connectivity index (χ3n) is 3.75. The van der Waals surface area contributed by atoms with Crippen LogP contribution >= 0.6 is 27.7 Å². The van der Waals surface area contributed by atoms with Gasteiger partial charge in [0.25, 0.3) is 0 Å². The molecular weight excluding hydrogens is 386 g/mol. The molecule has 1 atom stereocenters. The molecule has 0 bridgehead atoms. The fraction of sp³-hybridized carbons (Fsp3) is 0.158. The molecule has 0 spiro atoms. The number of carbonyl (C=O) groups is 2. The highest BCUT2D eigenvalue weighted by molar-refractivity contribution is 9.10. The number of hydrogen-bond acceptors (Lipinski definition) is 3. The van der Waals surface area contributed by atoms with Gasteiger partial charge in [-0.05, 0) is 42.8 Å². The van der Waals surface area contributed by atoms with Gasteiger partial charge in [-0.25, -0.2) is 0 Å². The minimum absolute atomic E-state index is 0.0311. The molecule has 0 aliphatic carbocycles. The summed E-state index contributed by atoms with van der Waals surface area (Å²) in [6, 6.07) is 16.7. The molecule has 0 radical (unpaired) electrons. The van der Waals surface area contributed by atoms with Crippen molar-refractivity contribution in [2.45, 2.75) is 18.6 Å². The van der Waals surface area contributed by atoms with Crippen LogP contribution in [0, 0.1) is 0 Å². The van der Waals surface area contributed by atoms with Crippen LogP contribution in [0.5, 0.6) is 0 Å². The first kappa shape index (κ1) is 17.0. The van der Waals surface area contributed by atoms with Crippen LogP contribution in [0.2, 0.25) is 0 Å². The van der Waals surface area contributed by atoms with Gasteiger partial charge >= 0.3 is 0 Å². The molecule has 1 heterocycles. The average molecular weight is 402 g/mol. The zero-order valence-electron chi connectivity index (χ0n) is 13.1. The van der Waals surface area contributed by atoms with Crippen molar-refractivity contribution in [3.63, 3.8) is 0 Å². The van der Waals surface area contributed by atoms with E-state index in [9.17, 15) is 9.59 Å². The highest BCUT2D eigenvalue weighted by Gasteiger charge is 2.36. The number of nitrogens with zero attached hydrogens (tertiary/aromatic N) is 1. The summed E-state index contributed by atoms with van der Waals surface area (Å²) in [4.78, 5) is 26.9. The van der Waals surface area contributed by atoms with Crippen LogP contribution in [-0.4, -0.2) is 16.9 Å². The summed E-state index contributed by atoms with van der Waals surface area (Å²) in [7, 11) is 0. The molecule has 122 valence electrons. The third-order valence-corrected chi connectivity index (χ3v) is 5.64. The molecule has 1 aliphatic heterocycles. The first-order chi connectivity index (χ1) is 11.6. The fourth-order valence-corrected chi connectivity index (χ4v) is 3.90. The van der Waals surface area contributed by atoms with Crippen LogP contribution in [0.25, 0.3) is 0 Å². The molecule has 0 N–H and O–H groups in total. The lowest BCUT2D eigenvalue weighted by molar-refractivity contribution is -0.117. The molecule has 1 aliphatic rings. The molecule has 0 saturated carbocycles. The van der Waals surface area contributed by atoms with E-state index in [1.807, 2.05) is 49.4 Å². The van der Waals surface area contributed by atoms with Gasteiger partial charge in [0.2, 0.25) is 5.91 Å². The van der Waals surface area contributed by atoms with Crippen molar-refractivity contribution >= 4 is 45.1 Å². The van der Waals surface area contributed by atoms with E-state index < -0.39 is 0 Å². The number of carbonyl (C=O) groups excluding carboxylic acids is 2. The molecule has 2 aromatic rings. The van der Waals surface area contributed by atoms with Crippen molar-refractivity contribution in [3.05, 3.63) is 75.7 Å². The standard InChI is InChI=1S/C19H16BrNO2S/c1-2-17-19(23)21(15-6-4-3-5-7-15)18(24-17)12-16(22)13-8-10-14(20)11-9-13/h3-12,17H,2H2,1H3/b18-12-. The quantitative estimate of drug-likeness (QED) is 0.532. The maximum atomic E-state index is 12.7. The maximum Gasteiger partial charge on any atom is 0.245 e. The van der Waals surface area contributed by atoms with E-state index in [0.29, 0.717) is 10.6 Å². The minimum atomic E-state index is -0.144. The number of para-hydroxylation sites is 1. The summed E-state index contributed by atoms with van der Waals surface area (Å²) in [5.41, 5.74) is 1.40. The summed E-state index contributed by atoms with van der Waals surface area (Å²) < 4.78 is 0.925. The van der Waals surface area contributed by atoms with E-state index in [2.05, 4.69) is 15.9 Å². The smallest absolute Gasteiger partial charge is 0.245 e. The van der Waals surface area contributed by atoms with Gasteiger partial charge < -0.3 is 0 Å². The van der Waals surface area contributed by atoms with Gasteiger partial charge in [0.15, 0.2) is 5.78 Å². The van der Waals surface area contributed by atoms with E-state index in [0.717, 1.165) is 16.6 Å². The molecule has 24 heavy (non-hydrogen) atoms. The van der Waals surface area contributed by atoms with E-state index in [1.54, 1.807) is 23.1 Å². The number of amides is 1. The van der Waals surface area contributed by atoms with Crippen LogP contribution in [-0.2, 0) is 4.79 Å². The molecule has 2 aromatic carbocycles. The number of rotatable bonds is 4. The Morgan fingerprint density at radius 3 is 2.46 bits per heavy atom. The zero-order valence-corrected chi connectivity index (χ0v) is 15.5. The molecule has 1 unspecified atom stereocenters. The predicted molar refractivity (Wildman–Crippen MR) is 102 cm³/mol. The Morgan fingerprint density at radius 2 is 1.83 bits per heavy atom. The lowest BCUT2D eigenvalue weighted by atomic mass is 10.1. The van der Waals surface area contributed by atoms with Crippen molar-refractivity contribution in [2.75, 3.05) is 4.90 Å². The van der Waals surface area contributed by atoms with Crippen LogP contribution in [0.1, 0.15) is 23.7 Å². The number of anilines is 1. The number of benzene rings is 2. The van der Waals surface area contributed by atoms with E-state index in [1.165, 1.54) is 11.8 Å². The van der Waals surface area contributed by atoms with Gasteiger partial charge in [0.1, 0.15) is 0 Å². The van der Waals surface area contributed by atoms with E-state index in [-0.39, 0.29) is 16.9 Å². The number of halogens is 1. The number of ketones is 1. The average Bonchev–Trinajstić information content (AvgIpc) is 2.91. The molecule has 1 fully saturated rings. The summed E-state index contributed by atoms with van der Waals surface area (Å²) >= 11 is 4.82. The minimum Gasteiger partial charge on any atom is -0.289 e. The molecule has 1 amide bonds. The van der Waals surface area contributed by atoms with Crippen LogP contribution in [0.3, 0.4) is 0 Å². The van der Waals surface area contributed by atoms with Crippen LogP contribution < -0.4 is 4.90 Å². The Bertz CT molecular complexity index is 787. The molecule has 3 rings (SSSR count). The normalized spacial score (nSPS) is 19.1. The van der Waals surface area contributed by atoms with Crippen molar-refractivity contribution < 1.29 is 9.59 Å². The van der Waals surface area contributed by atoms with Gasteiger partial charge in [0, 0.05) is 21.8 Å². The summed E-state index contributed by atoms with van der Waals surface area (Å²) in [5, 5.41) is 0.542. The monoisotopic (exact) mass is 401 g/mol. The second-order valence-corrected chi connectivity index (χ2v) is 7.52. The van der Waals surface area contributed by atoms with Crippen LogP contribution in [0.4, 0.5) is 5.69 Å². The lowest BCUT2D eigenvalue weighted by Gasteiger charge is -2.17. The second kappa shape index (κ2) is 7.36. The molecule has 0 aromatic heterocycles. The van der Waals surface area contributed by atoms with Crippen molar-refractivity contribution in [2.24, 2.45) is 0 Å². The third kappa shape index (κ3) is 3.47. The van der Waals surface area contributed by atoms with Crippen molar-refractivity contribution in [1.82, 2.24) is 0 Å². The largest absolute Gasteiger partial charge is 0.289 e. The summed E-state index contributed by atoms with van der Waals surface area (Å²) in [6.45, 7) is 1.98. The fourth-order valence-electron chi connectivity index (χ4n) is 2.50. The molecular formula is C19H16BrNO2S. The topological polar surface area (TPSA) is 37.4 Å². The highest BCUT2D eigenvalue weighted by atomic mass is 79.9. The molecule has 5 heteroatoms. The zero-order chi connectivity index (χ0) is 17.1. The van der Waals surface area contributed by atoms with Gasteiger partial charge in [-0.3, -0.25) is 14.5 Å². The van der Waals surface area contributed by atoms with E-state index in [4.69, 9.17) is 0 Å². The Labute approximate surface area is 153 Å². The summed E-state index contributed by atoms with van der Waals surface area (Å²) in [6.07, 6.45) is 2.30. The second-order valence-electron chi connectivity index (χ2n) is 5.38. The molecule has 3 nitrogen and oxygen atoms in total. The van der Waals surface area contributed by atoms with Gasteiger partial charge in [0.05, 0.1) is 10.3 Å². The number of thioether (sulfide) groups is 1. The van der Waals surface area contributed by atoms with Gasteiger partial charge in [-0.2, -0.15) is 0 Å².